The van der Waals surface area contributed by atoms with Gasteiger partial charge in [-0.3, -0.25) is 0 Å². The Morgan fingerprint density at radius 1 is 1.50 bits per heavy atom. The van der Waals surface area contributed by atoms with Crippen LogP contribution in [0.3, 0.4) is 0 Å². The third kappa shape index (κ3) is 3.24. The fourth-order valence-corrected chi connectivity index (χ4v) is 1.13. The van der Waals surface area contributed by atoms with Crippen LogP contribution >= 0.6 is 0 Å². The van der Waals surface area contributed by atoms with Gasteiger partial charge in [-0.1, -0.05) is 13.0 Å². The average Bonchev–Trinajstić information content (AvgIpc) is 2.69. The van der Waals surface area contributed by atoms with Gasteiger partial charge in [-0.15, -0.1) is 0 Å². The zero-order valence-electron chi connectivity index (χ0n) is 7.80. The van der Waals surface area contributed by atoms with Crippen molar-refractivity contribution in [2.45, 2.75) is 45.3 Å². The molecule has 0 saturated carbocycles. The lowest BCUT2D eigenvalue weighted by Gasteiger charge is -2.01. The largest absolute Gasteiger partial charge is 0.402 e. The van der Waals surface area contributed by atoms with Crippen molar-refractivity contribution >= 4 is 0 Å². The van der Waals surface area contributed by atoms with Gasteiger partial charge in [0.25, 0.3) is 0 Å². The van der Waals surface area contributed by atoms with Gasteiger partial charge >= 0.3 is 0 Å². The molecule has 0 spiro atoms. The molecule has 0 aromatic heterocycles. The molecule has 1 heterocycles. The van der Waals surface area contributed by atoms with E-state index < -0.39 is 0 Å². The molecule has 0 unspecified atom stereocenters. The molecule has 3 heteroatoms. The molecule has 0 radical (unpaired) electrons. The summed E-state index contributed by atoms with van der Waals surface area (Å²) in [6.07, 6.45) is 5.95. The zero-order chi connectivity index (χ0) is 9.03. The normalized spacial score (nSPS) is 21.0. The summed E-state index contributed by atoms with van der Waals surface area (Å²) >= 11 is 0. The second-order valence-electron chi connectivity index (χ2n) is 3.34. The lowest BCUT2D eigenvalue weighted by atomic mass is 10.1. The Labute approximate surface area is 73.5 Å². The fourth-order valence-electron chi connectivity index (χ4n) is 1.13. The van der Waals surface area contributed by atoms with Crippen molar-refractivity contribution in [3.63, 3.8) is 0 Å². The molecule has 1 rings (SSSR count). The van der Waals surface area contributed by atoms with Crippen molar-refractivity contribution in [1.29, 1.82) is 0 Å². The van der Waals surface area contributed by atoms with E-state index in [-0.39, 0.29) is 5.79 Å². The van der Waals surface area contributed by atoms with Gasteiger partial charge in [0.1, 0.15) is 0 Å². The maximum absolute atomic E-state index is 5.71. The number of rotatable bonds is 5. The summed E-state index contributed by atoms with van der Waals surface area (Å²) in [5.41, 5.74) is 6.69. The Balaban J connectivity index is 2.05. The van der Waals surface area contributed by atoms with Crippen molar-refractivity contribution in [3.05, 3.63) is 11.8 Å². The highest BCUT2D eigenvalue weighted by molar-refractivity contribution is 4.95. The van der Waals surface area contributed by atoms with Gasteiger partial charge in [-0.05, 0) is 26.2 Å². The monoisotopic (exact) mass is 171 g/mol. The van der Waals surface area contributed by atoms with Crippen LogP contribution in [-0.2, 0) is 9.78 Å². The van der Waals surface area contributed by atoms with Gasteiger partial charge < -0.3 is 5.73 Å². The van der Waals surface area contributed by atoms with Crippen LogP contribution in [-0.4, -0.2) is 5.79 Å². The summed E-state index contributed by atoms with van der Waals surface area (Å²) in [6, 6.07) is 0. The predicted molar refractivity (Wildman–Crippen MR) is 47.0 cm³/mol. The molecule has 1 aliphatic heterocycles. The predicted octanol–water partition coefficient (Wildman–Crippen LogP) is 2.09. The van der Waals surface area contributed by atoms with Crippen molar-refractivity contribution < 1.29 is 9.78 Å². The number of nitrogens with two attached hydrogens (primary N) is 1. The van der Waals surface area contributed by atoms with E-state index >= 15 is 0 Å². The molecule has 70 valence electrons. The Bertz CT molecular complexity index is 173. The lowest BCUT2D eigenvalue weighted by Crippen LogP contribution is -2.04. The quantitative estimate of drug-likeness (QED) is 0.509. The Morgan fingerprint density at radius 2 is 2.17 bits per heavy atom. The Kier molecular flexibility index (Phi) is 3.12. The smallest absolute Gasteiger partial charge is 0.231 e. The van der Waals surface area contributed by atoms with E-state index in [9.17, 15) is 0 Å². The van der Waals surface area contributed by atoms with E-state index in [2.05, 4.69) is 13.0 Å². The third-order valence-electron chi connectivity index (χ3n) is 1.93. The van der Waals surface area contributed by atoms with Gasteiger partial charge in [-0.25, -0.2) is 0 Å². The maximum Gasteiger partial charge on any atom is 0.231 e. The van der Waals surface area contributed by atoms with Gasteiger partial charge in [0, 0.05) is 12.1 Å². The Morgan fingerprint density at radius 3 is 2.67 bits per heavy atom. The highest BCUT2D eigenvalue weighted by Crippen LogP contribution is 2.34. The molecule has 0 bridgehead atoms. The second kappa shape index (κ2) is 3.92. The van der Waals surface area contributed by atoms with Crippen LogP contribution in [0, 0.1) is 0 Å². The first-order chi connectivity index (χ1) is 5.66. The molecule has 0 aromatic carbocycles. The SMILES string of the molecule is CCC=C(N)CCCC1(C)OO1. The molecule has 3 nitrogen and oxygen atoms in total. The van der Waals surface area contributed by atoms with E-state index in [4.69, 9.17) is 15.5 Å². The molecule has 0 aliphatic carbocycles. The van der Waals surface area contributed by atoms with Crippen molar-refractivity contribution in [1.82, 2.24) is 0 Å². The van der Waals surface area contributed by atoms with Crippen molar-refractivity contribution in [3.8, 4) is 0 Å². The van der Waals surface area contributed by atoms with Crippen LogP contribution in [0.5, 0.6) is 0 Å². The van der Waals surface area contributed by atoms with E-state index in [1.54, 1.807) is 0 Å². The molecule has 2 N–H and O–H groups in total. The molecule has 1 fully saturated rings. The fraction of sp³-hybridized carbons (Fsp3) is 0.778. The molecular weight excluding hydrogens is 154 g/mol. The van der Waals surface area contributed by atoms with Gasteiger partial charge in [-0.2, -0.15) is 9.78 Å². The molecule has 1 aliphatic rings. The minimum absolute atomic E-state index is 0.299. The van der Waals surface area contributed by atoms with Crippen LogP contribution in [0.25, 0.3) is 0 Å². The number of hydrogen-bond donors (Lipinski definition) is 1. The minimum Gasteiger partial charge on any atom is -0.402 e. The molecule has 1 saturated heterocycles. The summed E-state index contributed by atoms with van der Waals surface area (Å²) in [6.45, 7) is 4.02. The van der Waals surface area contributed by atoms with Crippen LogP contribution in [0.2, 0.25) is 0 Å². The molecule has 0 amide bonds. The molecule has 0 aromatic rings. The van der Waals surface area contributed by atoms with E-state index in [1.807, 2.05) is 6.92 Å². The lowest BCUT2D eigenvalue weighted by molar-refractivity contribution is 0.0850. The van der Waals surface area contributed by atoms with Gasteiger partial charge in [0.2, 0.25) is 5.79 Å². The first-order valence-corrected chi connectivity index (χ1v) is 4.47. The average molecular weight is 171 g/mol. The van der Waals surface area contributed by atoms with Crippen LogP contribution in [0.1, 0.15) is 39.5 Å². The first-order valence-electron chi connectivity index (χ1n) is 4.47. The molecule has 12 heavy (non-hydrogen) atoms. The molecular formula is C9H17NO2. The second-order valence-corrected chi connectivity index (χ2v) is 3.34. The van der Waals surface area contributed by atoms with E-state index in [1.165, 1.54) is 0 Å². The van der Waals surface area contributed by atoms with Gasteiger partial charge in [0.05, 0.1) is 0 Å². The van der Waals surface area contributed by atoms with Gasteiger partial charge in [0.15, 0.2) is 0 Å². The van der Waals surface area contributed by atoms with E-state index in [0.29, 0.717) is 0 Å². The summed E-state index contributed by atoms with van der Waals surface area (Å²) < 4.78 is 0. The van der Waals surface area contributed by atoms with Crippen LogP contribution < -0.4 is 5.73 Å². The summed E-state index contributed by atoms with van der Waals surface area (Å²) in [5.74, 6) is -0.299. The highest BCUT2D eigenvalue weighted by Gasteiger charge is 2.42. The number of hydrogen-bond acceptors (Lipinski definition) is 3. The summed E-state index contributed by atoms with van der Waals surface area (Å²) in [4.78, 5) is 9.55. The van der Waals surface area contributed by atoms with Crippen LogP contribution in [0.4, 0.5) is 0 Å². The van der Waals surface area contributed by atoms with Crippen molar-refractivity contribution in [2.75, 3.05) is 0 Å². The van der Waals surface area contributed by atoms with E-state index in [0.717, 1.165) is 31.4 Å². The summed E-state index contributed by atoms with van der Waals surface area (Å²) in [5, 5.41) is 0. The first kappa shape index (κ1) is 9.55. The maximum atomic E-state index is 5.71. The standard InChI is InChI=1S/C9H17NO2/c1-3-5-8(10)6-4-7-9(2)11-12-9/h5H,3-4,6-7,10H2,1-2H3. The number of allylic oxidation sites excluding steroid dienone is 2. The highest BCUT2D eigenvalue weighted by atomic mass is 17.4. The Hall–Kier alpha value is -0.540. The van der Waals surface area contributed by atoms with Crippen LogP contribution in [0.15, 0.2) is 11.8 Å². The summed E-state index contributed by atoms with van der Waals surface area (Å²) in [7, 11) is 0. The topological polar surface area (TPSA) is 51.1 Å². The zero-order valence-corrected chi connectivity index (χ0v) is 7.80. The molecule has 0 atom stereocenters. The van der Waals surface area contributed by atoms with Crippen molar-refractivity contribution in [2.24, 2.45) is 5.73 Å². The minimum atomic E-state index is -0.299. The third-order valence-corrected chi connectivity index (χ3v) is 1.93.